The van der Waals surface area contributed by atoms with Gasteiger partial charge >= 0.3 is 0 Å². The molecule has 0 aromatic heterocycles. The van der Waals surface area contributed by atoms with Crippen LogP contribution in [-0.2, 0) is 4.74 Å². The van der Waals surface area contributed by atoms with Crippen LogP contribution in [0, 0.1) is 0 Å². The molecule has 4 heteroatoms. The highest BCUT2D eigenvalue weighted by Crippen LogP contribution is 2.33. The number of nitrogen functional groups attached to an aromatic ring is 1. The first-order valence-electron chi connectivity index (χ1n) is 5.96. The van der Waals surface area contributed by atoms with E-state index < -0.39 is 0 Å². The molecule has 0 spiro atoms. The molecule has 0 amide bonds. The quantitative estimate of drug-likeness (QED) is 0.816. The summed E-state index contributed by atoms with van der Waals surface area (Å²) in [6.07, 6.45) is 1.11. The molecule has 1 unspecified atom stereocenters. The van der Waals surface area contributed by atoms with E-state index in [2.05, 4.69) is 0 Å². The Morgan fingerprint density at radius 3 is 2.76 bits per heavy atom. The molecule has 4 nitrogen and oxygen atoms in total. The van der Waals surface area contributed by atoms with Crippen molar-refractivity contribution < 1.29 is 14.2 Å². The van der Waals surface area contributed by atoms with Crippen molar-refractivity contribution in [3.8, 4) is 11.5 Å². The molecule has 2 rings (SSSR count). The molecule has 1 saturated heterocycles. The van der Waals surface area contributed by atoms with E-state index in [4.69, 9.17) is 19.9 Å². The van der Waals surface area contributed by atoms with Gasteiger partial charge in [0.1, 0.15) is 23.3 Å². The average molecular weight is 237 g/mol. The summed E-state index contributed by atoms with van der Waals surface area (Å²) in [7, 11) is 0. The Labute approximate surface area is 102 Å². The molecule has 1 atom stereocenters. The highest BCUT2D eigenvalue weighted by atomic mass is 16.5. The molecule has 1 aromatic rings. The van der Waals surface area contributed by atoms with Crippen LogP contribution in [0.2, 0.25) is 0 Å². The van der Waals surface area contributed by atoms with Gasteiger partial charge in [0.2, 0.25) is 0 Å². The van der Waals surface area contributed by atoms with E-state index in [1.165, 1.54) is 0 Å². The van der Waals surface area contributed by atoms with Crippen LogP contribution < -0.4 is 15.2 Å². The summed E-state index contributed by atoms with van der Waals surface area (Å²) in [6.45, 7) is 5.33. The standard InChI is InChI=1S/C13H19NO3/c1-9(2)16-11-4-3-5-12(13(11)14)17-10-6-7-15-8-10/h3-5,9-10H,6-8,14H2,1-2H3. The van der Waals surface area contributed by atoms with E-state index in [1.807, 2.05) is 32.0 Å². The van der Waals surface area contributed by atoms with Crippen LogP contribution in [0.1, 0.15) is 20.3 Å². The number of benzene rings is 1. The maximum atomic E-state index is 6.02. The summed E-state index contributed by atoms with van der Waals surface area (Å²) < 4.78 is 16.7. The number of anilines is 1. The Morgan fingerprint density at radius 2 is 2.12 bits per heavy atom. The Kier molecular flexibility index (Phi) is 3.74. The monoisotopic (exact) mass is 237 g/mol. The number of hydrogen-bond donors (Lipinski definition) is 1. The van der Waals surface area contributed by atoms with Gasteiger partial charge in [-0.1, -0.05) is 6.07 Å². The molecule has 0 bridgehead atoms. The molecule has 94 valence electrons. The fourth-order valence-electron chi connectivity index (χ4n) is 1.77. The van der Waals surface area contributed by atoms with Gasteiger partial charge in [-0.3, -0.25) is 0 Å². The molecule has 17 heavy (non-hydrogen) atoms. The zero-order valence-electron chi connectivity index (χ0n) is 10.3. The lowest BCUT2D eigenvalue weighted by Gasteiger charge is -2.17. The fourth-order valence-corrected chi connectivity index (χ4v) is 1.77. The number of nitrogens with two attached hydrogens (primary N) is 1. The van der Waals surface area contributed by atoms with Crippen LogP contribution in [0.4, 0.5) is 5.69 Å². The number of hydrogen-bond acceptors (Lipinski definition) is 4. The number of rotatable bonds is 4. The van der Waals surface area contributed by atoms with Gasteiger partial charge in [-0.05, 0) is 26.0 Å². The highest BCUT2D eigenvalue weighted by Gasteiger charge is 2.19. The van der Waals surface area contributed by atoms with E-state index in [0.717, 1.165) is 13.0 Å². The molecule has 1 fully saturated rings. The zero-order chi connectivity index (χ0) is 12.3. The highest BCUT2D eigenvalue weighted by molar-refractivity contribution is 5.62. The van der Waals surface area contributed by atoms with Gasteiger partial charge in [0.05, 0.1) is 19.3 Å². The minimum atomic E-state index is 0.0994. The van der Waals surface area contributed by atoms with E-state index in [9.17, 15) is 0 Å². The van der Waals surface area contributed by atoms with Crippen LogP contribution >= 0.6 is 0 Å². The SMILES string of the molecule is CC(C)Oc1cccc(OC2CCOC2)c1N. The van der Waals surface area contributed by atoms with Crippen molar-refractivity contribution >= 4 is 5.69 Å². The van der Waals surface area contributed by atoms with E-state index in [0.29, 0.717) is 23.8 Å². The summed E-state index contributed by atoms with van der Waals surface area (Å²) >= 11 is 0. The van der Waals surface area contributed by atoms with Crippen molar-refractivity contribution in [1.29, 1.82) is 0 Å². The van der Waals surface area contributed by atoms with Crippen molar-refractivity contribution in [2.24, 2.45) is 0 Å². The molecular weight excluding hydrogens is 218 g/mol. The largest absolute Gasteiger partial charge is 0.489 e. The van der Waals surface area contributed by atoms with E-state index in [1.54, 1.807) is 0 Å². The van der Waals surface area contributed by atoms with Crippen LogP contribution in [0.5, 0.6) is 11.5 Å². The van der Waals surface area contributed by atoms with Crippen LogP contribution in [-0.4, -0.2) is 25.4 Å². The van der Waals surface area contributed by atoms with Crippen molar-refractivity contribution in [2.75, 3.05) is 18.9 Å². The van der Waals surface area contributed by atoms with Crippen LogP contribution in [0.15, 0.2) is 18.2 Å². The zero-order valence-corrected chi connectivity index (χ0v) is 10.3. The molecule has 1 aromatic carbocycles. The van der Waals surface area contributed by atoms with Gasteiger partial charge in [-0.15, -0.1) is 0 Å². The van der Waals surface area contributed by atoms with Crippen molar-refractivity contribution in [3.63, 3.8) is 0 Å². The van der Waals surface area contributed by atoms with Gasteiger partial charge in [0, 0.05) is 6.42 Å². The van der Waals surface area contributed by atoms with Crippen molar-refractivity contribution in [2.45, 2.75) is 32.5 Å². The maximum absolute atomic E-state index is 6.02. The molecule has 0 radical (unpaired) electrons. The van der Waals surface area contributed by atoms with E-state index in [-0.39, 0.29) is 12.2 Å². The van der Waals surface area contributed by atoms with Crippen molar-refractivity contribution in [3.05, 3.63) is 18.2 Å². The minimum Gasteiger partial charge on any atom is -0.489 e. The van der Waals surface area contributed by atoms with Gasteiger partial charge < -0.3 is 19.9 Å². The van der Waals surface area contributed by atoms with E-state index >= 15 is 0 Å². The van der Waals surface area contributed by atoms with Crippen LogP contribution in [0.3, 0.4) is 0 Å². The number of ether oxygens (including phenoxy) is 3. The third-order valence-electron chi connectivity index (χ3n) is 2.57. The summed E-state index contributed by atoms with van der Waals surface area (Å²) in [5.74, 6) is 1.36. The first-order valence-corrected chi connectivity index (χ1v) is 5.96. The third kappa shape index (κ3) is 3.03. The molecular formula is C13H19NO3. The Balaban J connectivity index is 2.10. The predicted molar refractivity (Wildman–Crippen MR) is 66.5 cm³/mol. The van der Waals surface area contributed by atoms with Gasteiger partial charge in [0.15, 0.2) is 0 Å². The molecule has 1 aliphatic heterocycles. The topological polar surface area (TPSA) is 53.7 Å². The van der Waals surface area contributed by atoms with Gasteiger partial charge in [-0.2, -0.15) is 0 Å². The fraction of sp³-hybridized carbons (Fsp3) is 0.538. The molecule has 0 saturated carbocycles. The van der Waals surface area contributed by atoms with Gasteiger partial charge in [-0.25, -0.2) is 0 Å². The smallest absolute Gasteiger partial charge is 0.146 e. The molecule has 0 aliphatic carbocycles. The second-order valence-electron chi connectivity index (χ2n) is 4.44. The summed E-state index contributed by atoms with van der Waals surface area (Å²) in [6, 6.07) is 5.60. The average Bonchev–Trinajstić information content (AvgIpc) is 2.76. The lowest BCUT2D eigenvalue weighted by molar-refractivity contribution is 0.141. The van der Waals surface area contributed by atoms with Crippen molar-refractivity contribution in [1.82, 2.24) is 0 Å². The maximum Gasteiger partial charge on any atom is 0.146 e. The molecule has 1 heterocycles. The molecule has 1 aliphatic rings. The number of para-hydroxylation sites is 1. The first kappa shape index (κ1) is 12.0. The first-order chi connectivity index (χ1) is 8.16. The minimum absolute atomic E-state index is 0.0994. The lowest BCUT2D eigenvalue weighted by Crippen LogP contribution is -2.17. The Morgan fingerprint density at radius 1 is 1.35 bits per heavy atom. The second-order valence-corrected chi connectivity index (χ2v) is 4.44. The van der Waals surface area contributed by atoms with Gasteiger partial charge in [0.25, 0.3) is 0 Å². The Bertz CT molecular complexity index is 373. The third-order valence-corrected chi connectivity index (χ3v) is 2.57. The normalized spacial score (nSPS) is 19.6. The second kappa shape index (κ2) is 5.27. The summed E-state index contributed by atoms with van der Waals surface area (Å²) in [5, 5.41) is 0. The summed E-state index contributed by atoms with van der Waals surface area (Å²) in [4.78, 5) is 0. The lowest BCUT2D eigenvalue weighted by atomic mass is 10.2. The molecule has 2 N–H and O–H groups in total. The predicted octanol–water partition coefficient (Wildman–Crippen LogP) is 2.22. The summed E-state index contributed by atoms with van der Waals surface area (Å²) in [5.41, 5.74) is 6.58. The Hall–Kier alpha value is -1.42. The van der Waals surface area contributed by atoms with Crippen LogP contribution in [0.25, 0.3) is 0 Å².